The van der Waals surface area contributed by atoms with Crippen molar-refractivity contribution in [2.45, 2.75) is 0 Å². The molecule has 4 rings (SSSR count). The van der Waals surface area contributed by atoms with Crippen LogP contribution in [0.15, 0.2) is 72.3 Å². The number of anilines is 2. The number of nitrogens with one attached hydrogen (secondary N) is 2. The molecule has 0 atom stereocenters. The fourth-order valence-electron chi connectivity index (χ4n) is 3.17. The number of hydrogen-bond acceptors (Lipinski definition) is 4. The lowest BCUT2D eigenvalue weighted by atomic mass is 10.1. The molecule has 7 nitrogen and oxygen atoms in total. The molecule has 1 saturated heterocycles. The molecule has 3 amide bonds. The lowest BCUT2D eigenvalue weighted by Gasteiger charge is -2.14. The fourth-order valence-corrected chi connectivity index (χ4v) is 3.78. The summed E-state index contributed by atoms with van der Waals surface area (Å²) in [6.45, 7) is -0.471. The van der Waals surface area contributed by atoms with Crippen molar-refractivity contribution in [1.82, 2.24) is 5.43 Å². The molecule has 3 aromatic carbocycles. The minimum absolute atomic E-state index is 0.0133. The number of ether oxygens (including phenoxy) is 1. The Hall–Kier alpha value is -3.88. The van der Waals surface area contributed by atoms with Crippen LogP contribution in [0.2, 0.25) is 10.0 Å². The molecule has 1 fully saturated rings. The monoisotopic (exact) mass is 499 g/mol. The molecule has 0 spiro atoms. The lowest BCUT2D eigenvalue weighted by Crippen LogP contribution is -2.35. The van der Waals surface area contributed by atoms with E-state index in [4.69, 9.17) is 27.9 Å². The molecule has 2 N–H and O–H groups in total. The van der Waals surface area contributed by atoms with Crippen molar-refractivity contribution in [2.24, 2.45) is 0 Å². The Bertz CT molecular complexity index is 1290. The molecular weight excluding hydrogens is 484 g/mol. The quantitative estimate of drug-likeness (QED) is 0.382. The molecule has 172 valence electrons. The van der Waals surface area contributed by atoms with Gasteiger partial charge in [-0.2, -0.15) is 0 Å². The van der Waals surface area contributed by atoms with Crippen LogP contribution in [0.5, 0.6) is 5.75 Å². The molecule has 0 aromatic heterocycles. The predicted molar refractivity (Wildman–Crippen MR) is 127 cm³/mol. The Kier molecular flexibility index (Phi) is 6.81. The summed E-state index contributed by atoms with van der Waals surface area (Å²) in [7, 11) is 0. The van der Waals surface area contributed by atoms with E-state index in [-0.39, 0.29) is 27.1 Å². The number of hydrogen-bond donors (Lipinski definition) is 2. The topological polar surface area (TPSA) is 87.7 Å². The van der Waals surface area contributed by atoms with Crippen molar-refractivity contribution in [2.75, 3.05) is 16.9 Å². The van der Waals surface area contributed by atoms with Crippen molar-refractivity contribution in [3.05, 3.63) is 93.7 Å². The van der Waals surface area contributed by atoms with Gasteiger partial charge in [0.2, 0.25) is 0 Å². The molecule has 1 aliphatic rings. The standard InChI is InChI=1S/C24H16Cl2FN3O4/c25-17-11-14(10-16-23(32)29-30(24(16)33)15-6-2-1-3-7-15)12-18(26)22(17)34-13-21(31)28-20-9-5-4-8-19(20)27/h1-12H,13H2,(H,28,31)(H,29,32). The zero-order valence-corrected chi connectivity index (χ0v) is 18.9. The first kappa shape index (κ1) is 23.3. The van der Waals surface area contributed by atoms with Crippen LogP contribution in [0.3, 0.4) is 0 Å². The summed E-state index contributed by atoms with van der Waals surface area (Å²) >= 11 is 12.5. The third kappa shape index (κ3) is 5.03. The molecular formula is C24H16Cl2FN3O4. The average Bonchev–Trinajstić information content (AvgIpc) is 3.09. The van der Waals surface area contributed by atoms with Crippen molar-refractivity contribution < 1.29 is 23.5 Å². The predicted octanol–water partition coefficient (Wildman–Crippen LogP) is 4.61. The summed E-state index contributed by atoms with van der Waals surface area (Å²) in [4.78, 5) is 37.2. The Balaban J connectivity index is 1.47. The van der Waals surface area contributed by atoms with Gasteiger partial charge in [0.15, 0.2) is 12.4 Å². The molecule has 0 bridgehead atoms. The molecule has 3 aromatic rings. The van der Waals surface area contributed by atoms with Gasteiger partial charge in [-0.25, -0.2) is 9.40 Å². The van der Waals surface area contributed by atoms with E-state index in [1.807, 2.05) is 0 Å². The van der Waals surface area contributed by atoms with Crippen LogP contribution < -0.4 is 20.5 Å². The van der Waals surface area contributed by atoms with Gasteiger partial charge in [0.05, 0.1) is 21.4 Å². The fraction of sp³-hybridized carbons (Fsp3) is 0.0417. The summed E-state index contributed by atoms with van der Waals surface area (Å²) < 4.78 is 19.1. The summed E-state index contributed by atoms with van der Waals surface area (Å²) in [5, 5.41) is 3.65. The van der Waals surface area contributed by atoms with Crippen LogP contribution in [0.4, 0.5) is 15.8 Å². The molecule has 1 heterocycles. The second-order valence-corrected chi connectivity index (χ2v) is 7.92. The second kappa shape index (κ2) is 9.94. The number of para-hydroxylation sites is 2. The number of carbonyl (C=O) groups is 3. The maximum absolute atomic E-state index is 13.7. The maximum Gasteiger partial charge on any atom is 0.282 e. The van der Waals surface area contributed by atoms with Crippen molar-refractivity contribution in [3.8, 4) is 5.75 Å². The summed E-state index contributed by atoms with van der Waals surface area (Å²) in [5.74, 6) is -2.28. The van der Waals surface area contributed by atoms with E-state index in [0.717, 1.165) is 5.01 Å². The van der Waals surface area contributed by atoms with Crippen molar-refractivity contribution in [1.29, 1.82) is 0 Å². The molecule has 0 saturated carbocycles. The van der Waals surface area contributed by atoms with E-state index in [1.165, 1.54) is 36.4 Å². The Morgan fingerprint density at radius 3 is 2.35 bits per heavy atom. The Labute approximate surface area is 203 Å². The highest BCUT2D eigenvalue weighted by Crippen LogP contribution is 2.35. The van der Waals surface area contributed by atoms with E-state index in [9.17, 15) is 18.8 Å². The van der Waals surface area contributed by atoms with Gasteiger partial charge < -0.3 is 10.1 Å². The number of carbonyl (C=O) groups excluding carboxylic acids is 3. The normalized spacial score (nSPS) is 14.3. The minimum atomic E-state index is -0.613. The number of hydrazine groups is 1. The van der Waals surface area contributed by atoms with Crippen LogP contribution in [0.1, 0.15) is 5.56 Å². The van der Waals surface area contributed by atoms with Crippen LogP contribution in [0.25, 0.3) is 6.08 Å². The number of benzene rings is 3. The zero-order chi connectivity index (χ0) is 24.2. The number of nitrogens with zero attached hydrogens (tertiary/aromatic N) is 1. The molecule has 0 aliphatic carbocycles. The number of amides is 3. The molecule has 1 aliphatic heterocycles. The molecule has 0 unspecified atom stereocenters. The van der Waals surface area contributed by atoms with Gasteiger partial charge in [-0.15, -0.1) is 0 Å². The van der Waals surface area contributed by atoms with E-state index >= 15 is 0 Å². The van der Waals surface area contributed by atoms with Crippen molar-refractivity contribution in [3.63, 3.8) is 0 Å². The van der Waals surface area contributed by atoms with Gasteiger partial charge in [0, 0.05) is 0 Å². The second-order valence-electron chi connectivity index (χ2n) is 7.11. The van der Waals surface area contributed by atoms with Crippen LogP contribution >= 0.6 is 23.2 Å². The molecule has 0 radical (unpaired) electrons. The number of halogens is 3. The molecule has 10 heteroatoms. The van der Waals surface area contributed by atoms with Gasteiger partial charge in [-0.3, -0.25) is 19.8 Å². The first-order valence-electron chi connectivity index (χ1n) is 9.92. The highest BCUT2D eigenvalue weighted by atomic mass is 35.5. The summed E-state index contributed by atoms with van der Waals surface area (Å²) in [6, 6.07) is 17.2. The summed E-state index contributed by atoms with van der Waals surface area (Å²) in [5.41, 5.74) is 3.31. The van der Waals surface area contributed by atoms with Gasteiger partial charge in [0.25, 0.3) is 17.7 Å². The van der Waals surface area contributed by atoms with E-state index < -0.39 is 30.1 Å². The number of rotatable bonds is 6. The first-order chi connectivity index (χ1) is 16.3. The Morgan fingerprint density at radius 2 is 1.68 bits per heavy atom. The van der Waals surface area contributed by atoms with Gasteiger partial charge in [-0.1, -0.05) is 53.5 Å². The highest BCUT2D eigenvalue weighted by Gasteiger charge is 2.34. The highest BCUT2D eigenvalue weighted by molar-refractivity contribution is 6.37. The van der Waals surface area contributed by atoms with Crippen LogP contribution in [0, 0.1) is 5.82 Å². The third-order valence-corrected chi connectivity index (χ3v) is 5.29. The minimum Gasteiger partial charge on any atom is -0.481 e. The molecule has 34 heavy (non-hydrogen) atoms. The maximum atomic E-state index is 13.7. The van der Waals surface area contributed by atoms with E-state index in [2.05, 4.69) is 10.7 Å². The SMILES string of the molecule is O=C(COc1c(Cl)cc(C=C2C(=O)NN(c3ccccc3)C2=O)cc1Cl)Nc1ccccc1F. The average molecular weight is 500 g/mol. The van der Waals surface area contributed by atoms with Gasteiger partial charge >= 0.3 is 0 Å². The Morgan fingerprint density at radius 1 is 1.03 bits per heavy atom. The van der Waals surface area contributed by atoms with E-state index in [0.29, 0.717) is 11.3 Å². The summed E-state index contributed by atoms with van der Waals surface area (Å²) in [6.07, 6.45) is 1.35. The van der Waals surface area contributed by atoms with Gasteiger partial charge in [0.1, 0.15) is 11.4 Å². The van der Waals surface area contributed by atoms with Gasteiger partial charge in [-0.05, 0) is 48.0 Å². The first-order valence-corrected chi connectivity index (χ1v) is 10.7. The smallest absolute Gasteiger partial charge is 0.282 e. The van der Waals surface area contributed by atoms with Crippen LogP contribution in [-0.4, -0.2) is 24.3 Å². The largest absolute Gasteiger partial charge is 0.481 e. The zero-order valence-electron chi connectivity index (χ0n) is 17.3. The van der Waals surface area contributed by atoms with Crippen LogP contribution in [-0.2, 0) is 14.4 Å². The lowest BCUT2D eigenvalue weighted by molar-refractivity contribution is -0.118. The third-order valence-electron chi connectivity index (χ3n) is 4.73. The van der Waals surface area contributed by atoms with E-state index in [1.54, 1.807) is 36.4 Å². The van der Waals surface area contributed by atoms with Crippen molar-refractivity contribution >= 4 is 58.4 Å².